The molecule has 0 aromatic heterocycles. The summed E-state index contributed by atoms with van der Waals surface area (Å²) in [7, 11) is 1.78. The molecule has 0 heterocycles. The Balaban J connectivity index is 2.05. The summed E-state index contributed by atoms with van der Waals surface area (Å²) in [5, 5.41) is 2.98. The molecule has 2 aromatic rings. The molecule has 1 N–H and O–H groups in total. The summed E-state index contributed by atoms with van der Waals surface area (Å²) in [5.41, 5.74) is 2.26. The molecule has 0 aliphatic heterocycles. The van der Waals surface area contributed by atoms with Crippen LogP contribution in [0.1, 0.15) is 15.9 Å². The summed E-state index contributed by atoms with van der Waals surface area (Å²) in [4.78, 5) is 12.0. The van der Waals surface area contributed by atoms with E-state index in [1.54, 1.807) is 13.1 Å². The van der Waals surface area contributed by atoms with Gasteiger partial charge in [0.15, 0.2) is 0 Å². The first-order valence-electron chi connectivity index (χ1n) is 5.89. The highest BCUT2D eigenvalue weighted by atomic mass is 79.9. The van der Waals surface area contributed by atoms with Crippen LogP contribution in [0.4, 0.5) is 5.69 Å². The van der Waals surface area contributed by atoms with E-state index in [1.165, 1.54) is 0 Å². The molecule has 0 aliphatic rings. The van der Waals surface area contributed by atoms with E-state index in [-0.39, 0.29) is 12.6 Å². The van der Waals surface area contributed by atoms with Crippen LogP contribution >= 0.6 is 15.9 Å². The molecule has 0 aliphatic carbocycles. The lowest BCUT2D eigenvalue weighted by Gasteiger charge is -2.09. The van der Waals surface area contributed by atoms with Gasteiger partial charge in [0.05, 0.1) is 5.56 Å². The van der Waals surface area contributed by atoms with Crippen molar-refractivity contribution < 1.29 is 9.53 Å². The summed E-state index contributed by atoms with van der Waals surface area (Å²) in [5.74, 6) is -0.329. The maximum absolute atomic E-state index is 12.0. The van der Waals surface area contributed by atoms with Crippen LogP contribution in [0.15, 0.2) is 53.0 Å². The van der Waals surface area contributed by atoms with Gasteiger partial charge in [0.2, 0.25) is 0 Å². The van der Waals surface area contributed by atoms with E-state index in [4.69, 9.17) is 4.74 Å². The molecule has 0 radical (unpaired) electrons. The number of esters is 1. The molecule has 2 aromatic carbocycles. The van der Waals surface area contributed by atoms with Gasteiger partial charge in [-0.05, 0) is 29.8 Å². The zero-order chi connectivity index (χ0) is 13.7. The van der Waals surface area contributed by atoms with Crippen LogP contribution in [0.2, 0.25) is 0 Å². The van der Waals surface area contributed by atoms with E-state index in [0.29, 0.717) is 5.56 Å². The maximum atomic E-state index is 12.0. The van der Waals surface area contributed by atoms with E-state index in [2.05, 4.69) is 21.2 Å². The smallest absolute Gasteiger partial charge is 0.340 e. The van der Waals surface area contributed by atoms with Gasteiger partial charge in [-0.1, -0.05) is 40.2 Å². The lowest BCUT2D eigenvalue weighted by molar-refractivity contribution is 0.0474. The van der Waals surface area contributed by atoms with Gasteiger partial charge in [-0.15, -0.1) is 0 Å². The molecule has 98 valence electrons. The summed E-state index contributed by atoms with van der Waals surface area (Å²) in [6.45, 7) is 0.260. The standard InChI is InChI=1S/C15H14BrNO2/c1-17-14-8-3-2-7-13(14)15(18)19-10-11-5-4-6-12(16)9-11/h2-9,17H,10H2,1H3. The summed E-state index contributed by atoms with van der Waals surface area (Å²) in [6.07, 6.45) is 0. The Bertz CT molecular complexity index is 584. The number of ether oxygens (including phenoxy) is 1. The van der Waals surface area contributed by atoms with Crippen LogP contribution in [-0.4, -0.2) is 13.0 Å². The number of anilines is 1. The van der Waals surface area contributed by atoms with Gasteiger partial charge in [-0.3, -0.25) is 0 Å². The Morgan fingerprint density at radius 1 is 1.21 bits per heavy atom. The fraction of sp³-hybridized carbons (Fsp3) is 0.133. The predicted molar refractivity (Wildman–Crippen MR) is 79.3 cm³/mol. The molecule has 4 heteroatoms. The second-order valence-electron chi connectivity index (χ2n) is 4.00. The van der Waals surface area contributed by atoms with Gasteiger partial charge in [0.1, 0.15) is 6.61 Å². The molecular weight excluding hydrogens is 306 g/mol. The van der Waals surface area contributed by atoms with E-state index < -0.39 is 0 Å². The molecule has 0 saturated carbocycles. The number of halogens is 1. The first-order chi connectivity index (χ1) is 9.20. The predicted octanol–water partition coefficient (Wildman–Crippen LogP) is 3.85. The summed E-state index contributed by atoms with van der Waals surface area (Å²) >= 11 is 3.39. The average molecular weight is 320 g/mol. The molecule has 0 amide bonds. The molecule has 19 heavy (non-hydrogen) atoms. The van der Waals surface area contributed by atoms with E-state index in [0.717, 1.165) is 15.7 Å². The zero-order valence-electron chi connectivity index (χ0n) is 10.5. The molecule has 2 rings (SSSR count). The number of hydrogen-bond acceptors (Lipinski definition) is 3. The molecule has 0 saturated heterocycles. The number of hydrogen-bond donors (Lipinski definition) is 1. The highest BCUT2D eigenvalue weighted by Crippen LogP contribution is 2.17. The van der Waals surface area contributed by atoms with Crippen molar-refractivity contribution >= 4 is 27.6 Å². The van der Waals surface area contributed by atoms with Crippen LogP contribution < -0.4 is 5.32 Å². The number of benzene rings is 2. The van der Waals surface area contributed by atoms with Crippen molar-refractivity contribution in [3.8, 4) is 0 Å². The van der Waals surface area contributed by atoms with Gasteiger partial charge >= 0.3 is 5.97 Å². The van der Waals surface area contributed by atoms with Gasteiger partial charge in [-0.25, -0.2) is 4.79 Å². The highest BCUT2D eigenvalue weighted by molar-refractivity contribution is 9.10. The van der Waals surface area contributed by atoms with E-state index in [1.807, 2.05) is 42.5 Å². The highest BCUT2D eigenvalue weighted by Gasteiger charge is 2.11. The number of carbonyl (C=O) groups is 1. The van der Waals surface area contributed by atoms with Crippen LogP contribution in [0, 0.1) is 0 Å². The minimum Gasteiger partial charge on any atom is -0.457 e. The zero-order valence-corrected chi connectivity index (χ0v) is 12.1. The van der Waals surface area contributed by atoms with E-state index in [9.17, 15) is 4.79 Å². The average Bonchev–Trinajstić information content (AvgIpc) is 2.45. The van der Waals surface area contributed by atoms with Crippen molar-refractivity contribution in [3.05, 3.63) is 64.1 Å². The largest absolute Gasteiger partial charge is 0.457 e. The van der Waals surface area contributed by atoms with Crippen molar-refractivity contribution in [3.63, 3.8) is 0 Å². The van der Waals surface area contributed by atoms with Gasteiger partial charge in [0.25, 0.3) is 0 Å². The van der Waals surface area contributed by atoms with Crippen molar-refractivity contribution in [1.82, 2.24) is 0 Å². The van der Waals surface area contributed by atoms with Crippen molar-refractivity contribution in [1.29, 1.82) is 0 Å². The van der Waals surface area contributed by atoms with Crippen LogP contribution in [0.3, 0.4) is 0 Å². The van der Waals surface area contributed by atoms with E-state index >= 15 is 0 Å². The number of nitrogens with one attached hydrogen (secondary N) is 1. The van der Waals surface area contributed by atoms with Crippen LogP contribution in [0.25, 0.3) is 0 Å². The Kier molecular flexibility index (Phi) is 4.58. The Morgan fingerprint density at radius 2 is 2.00 bits per heavy atom. The first kappa shape index (κ1) is 13.6. The maximum Gasteiger partial charge on any atom is 0.340 e. The SMILES string of the molecule is CNc1ccccc1C(=O)OCc1cccc(Br)c1. The topological polar surface area (TPSA) is 38.3 Å². The molecule has 0 fully saturated rings. The lowest BCUT2D eigenvalue weighted by Crippen LogP contribution is -2.08. The number of rotatable bonds is 4. The lowest BCUT2D eigenvalue weighted by atomic mass is 10.2. The third-order valence-electron chi connectivity index (χ3n) is 2.68. The summed E-state index contributed by atoms with van der Waals surface area (Å²) in [6, 6.07) is 15.0. The number of para-hydroxylation sites is 1. The molecule has 0 spiro atoms. The molecule has 3 nitrogen and oxygen atoms in total. The Hall–Kier alpha value is -1.81. The van der Waals surface area contributed by atoms with Gasteiger partial charge in [-0.2, -0.15) is 0 Å². The molecular formula is C15H14BrNO2. The second-order valence-corrected chi connectivity index (χ2v) is 4.92. The minimum atomic E-state index is -0.329. The molecule has 0 atom stereocenters. The molecule has 0 unspecified atom stereocenters. The van der Waals surface area contributed by atoms with Crippen molar-refractivity contribution in [2.24, 2.45) is 0 Å². The van der Waals surface area contributed by atoms with Crippen molar-refractivity contribution in [2.75, 3.05) is 12.4 Å². The van der Waals surface area contributed by atoms with Gasteiger partial charge < -0.3 is 10.1 Å². The van der Waals surface area contributed by atoms with Crippen molar-refractivity contribution in [2.45, 2.75) is 6.61 Å². The fourth-order valence-electron chi connectivity index (χ4n) is 1.73. The molecule has 0 bridgehead atoms. The normalized spacial score (nSPS) is 10.0. The monoisotopic (exact) mass is 319 g/mol. The quantitative estimate of drug-likeness (QED) is 0.870. The first-order valence-corrected chi connectivity index (χ1v) is 6.68. The fourth-order valence-corrected chi connectivity index (χ4v) is 2.18. The Labute approximate surface area is 120 Å². The Morgan fingerprint density at radius 3 is 2.74 bits per heavy atom. The van der Waals surface area contributed by atoms with Gasteiger partial charge in [0, 0.05) is 17.2 Å². The number of carbonyl (C=O) groups excluding carboxylic acids is 1. The third kappa shape index (κ3) is 3.58. The minimum absolute atomic E-state index is 0.260. The summed E-state index contributed by atoms with van der Waals surface area (Å²) < 4.78 is 6.28. The van der Waals surface area contributed by atoms with Crippen LogP contribution in [-0.2, 0) is 11.3 Å². The third-order valence-corrected chi connectivity index (χ3v) is 3.17. The van der Waals surface area contributed by atoms with Crippen LogP contribution in [0.5, 0.6) is 0 Å². The second kappa shape index (κ2) is 6.38.